The quantitative estimate of drug-likeness (QED) is 0.627. The maximum Gasteiger partial charge on any atom is 0.219 e. The first-order chi connectivity index (χ1) is 11.9. The highest BCUT2D eigenvalue weighted by molar-refractivity contribution is 5.80. The fraction of sp³-hybridized carbons (Fsp3) is 0.722. The van der Waals surface area contributed by atoms with Gasteiger partial charge < -0.3 is 20.1 Å². The van der Waals surface area contributed by atoms with E-state index in [1.165, 1.54) is 0 Å². The van der Waals surface area contributed by atoms with Crippen LogP contribution in [0.2, 0.25) is 0 Å². The lowest BCUT2D eigenvalue weighted by atomic mass is 10.00. The van der Waals surface area contributed by atoms with E-state index in [-0.39, 0.29) is 11.8 Å². The summed E-state index contributed by atoms with van der Waals surface area (Å²) in [5.74, 6) is 2.12. The number of aliphatic imine (C=N–C) groups is 1. The number of aromatic nitrogens is 1. The number of carbonyl (C=O) groups excluding carboxylic acids is 1. The van der Waals surface area contributed by atoms with E-state index in [0.29, 0.717) is 12.6 Å². The number of aryl methyl sites for hydroxylation is 2. The summed E-state index contributed by atoms with van der Waals surface area (Å²) in [6.45, 7) is 12.9. The van der Waals surface area contributed by atoms with Gasteiger partial charge in [0.2, 0.25) is 5.91 Å². The van der Waals surface area contributed by atoms with Crippen LogP contribution in [0.1, 0.15) is 56.5 Å². The van der Waals surface area contributed by atoms with Gasteiger partial charge in [-0.3, -0.25) is 9.79 Å². The summed E-state index contributed by atoms with van der Waals surface area (Å²) in [5, 5.41) is 10.8. The number of carbonyl (C=O) groups is 1. The predicted molar refractivity (Wildman–Crippen MR) is 98.8 cm³/mol. The summed E-state index contributed by atoms with van der Waals surface area (Å²) in [4.78, 5) is 18.1. The molecule has 7 nitrogen and oxygen atoms in total. The molecule has 2 N–H and O–H groups in total. The van der Waals surface area contributed by atoms with Crippen molar-refractivity contribution in [2.45, 2.75) is 59.4 Å². The second-order valence-electron chi connectivity index (χ2n) is 6.78. The third kappa shape index (κ3) is 5.21. The molecule has 1 amide bonds. The summed E-state index contributed by atoms with van der Waals surface area (Å²) in [6.07, 6.45) is 1.90. The van der Waals surface area contributed by atoms with Crippen LogP contribution < -0.4 is 10.6 Å². The maximum atomic E-state index is 11.4. The van der Waals surface area contributed by atoms with E-state index >= 15 is 0 Å². The van der Waals surface area contributed by atoms with Crippen LogP contribution in [-0.2, 0) is 4.79 Å². The van der Waals surface area contributed by atoms with Crippen LogP contribution in [0.3, 0.4) is 0 Å². The maximum absolute atomic E-state index is 11.4. The van der Waals surface area contributed by atoms with E-state index in [4.69, 9.17) is 9.52 Å². The van der Waals surface area contributed by atoms with Crippen molar-refractivity contribution < 1.29 is 9.32 Å². The van der Waals surface area contributed by atoms with Gasteiger partial charge >= 0.3 is 0 Å². The third-order valence-electron chi connectivity index (χ3n) is 4.73. The minimum atomic E-state index is 0.160. The number of nitrogens with zero attached hydrogens (tertiary/aromatic N) is 3. The number of piperidine rings is 1. The van der Waals surface area contributed by atoms with E-state index in [9.17, 15) is 4.79 Å². The Kier molecular flexibility index (Phi) is 6.84. The molecular formula is C18H31N5O2. The number of nitrogens with one attached hydrogen (secondary N) is 2. The highest BCUT2D eigenvalue weighted by atomic mass is 16.5. The monoisotopic (exact) mass is 349 g/mol. The van der Waals surface area contributed by atoms with Crippen molar-refractivity contribution in [1.82, 2.24) is 20.7 Å². The molecule has 0 radical (unpaired) electrons. The molecule has 2 heterocycles. The Balaban J connectivity index is 1.93. The molecular weight excluding hydrogens is 318 g/mol. The molecule has 0 aliphatic carbocycles. The summed E-state index contributed by atoms with van der Waals surface area (Å²) in [7, 11) is 0. The molecule has 1 aromatic heterocycles. The summed E-state index contributed by atoms with van der Waals surface area (Å²) in [5.41, 5.74) is 2.09. The molecule has 1 aliphatic rings. The lowest BCUT2D eigenvalue weighted by Gasteiger charge is -2.32. The van der Waals surface area contributed by atoms with Crippen molar-refractivity contribution in [3.63, 3.8) is 0 Å². The highest BCUT2D eigenvalue weighted by Gasteiger charge is 2.21. The second-order valence-corrected chi connectivity index (χ2v) is 6.78. The number of rotatable bonds is 5. The first-order valence-corrected chi connectivity index (χ1v) is 9.15. The Morgan fingerprint density at radius 2 is 2.08 bits per heavy atom. The Bertz CT molecular complexity index is 583. The molecule has 140 valence electrons. The van der Waals surface area contributed by atoms with Crippen LogP contribution in [0.25, 0.3) is 0 Å². The molecule has 1 atom stereocenters. The molecule has 1 fully saturated rings. The first-order valence-electron chi connectivity index (χ1n) is 9.15. The van der Waals surface area contributed by atoms with Crippen molar-refractivity contribution in [2.75, 3.05) is 26.2 Å². The molecule has 25 heavy (non-hydrogen) atoms. The third-order valence-corrected chi connectivity index (χ3v) is 4.73. The Morgan fingerprint density at radius 1 is 1.40 bits per heavy atom. The Labute approximate surface area is 150 Å². The molecule has 7 heteroatoms. The summed E-state index contributed by atoms with van der Waals surface area (Å²) >= 11 is 0. The summed E-state index contributed by atoms with van der Waals surface area (Å²) < 4.78 is 5.26. The van der Waals surface area contributed by atoms with Crippen LogP contribution in [0.15, 0.2) is 9.52 Å². The molecule has 1 saturated heterocycles. The zero-order chi connectivity index (χ0) is 18.4. The van der Waals surface area contributed by atoms with Gasteiger partial charge in [-0.05, 0) is 33.6 Å². The van der Waals surface area contributed by atoms with Crippen LogP contribution in [0, 0.1) is 13.8 Å². The van der Waals surface area contributed by atoms with Crippen molar-refractivity contribution in [3.8, 4) is 0 Å². The van der Waals surface area contributed by atoms with Gasteiger partial charge in [-0.1, -0.05) is 12.1 Å². The Morgan fingerprint density at radius 3 is 2.60 bits per heavy atom. The lowest BCUT2D eigenvalue weighted by Crippen LogP contribution is -2.49. The van der Waals surface area contributed by atoms with Gasteiger partial charge in [0.05, 0.1) is 5.69 Å². The van der Waals surface area contributed by atoms with Crippen LogP contribution in [0.5, 0.6) is 0 Å². The van der Waals surface area contributed by atoms with E-state index in [0.717, 1.165) is 55.5 Å². The van der Waals surface area contributed by atoms with Crippen molar-refractivity contribution in [1.29, 1.82) is 0 Å². The van der Waals surface area contributed by atoms with E-state index in [2.05, 4.69) is 29.6 Å². The van der Waals surface area contributed by atoms with E-state index in [1.807, 2.05) is 18.7 Å². The standard InChI is InChI=1S/C18H31N5O2/c1-6-19-18(21-16-7-9-23(10-8-16)15(5)24)20-11-12(2)17-13(3)22-25-14(17)4/h12,16H,6-11H2,1-5H3,(H2,19,20,21). The number of hydrogen-bond donors (Lipinski definition) is 2. The molecule has 2 rings (SSSR count). The minimum Gasteiger partial charge on any atom is -0.361 e. The van der Waals surface area contributed by atoms with Crippen LogP contribution in [-0.4, -0.2) is 54.1 Å². The minimum absolute atomic E-state index is 0.160. The SMILES string of the molecule is CCNC(=NCC(C)c1c(C)noc1C)NC1CCN(C(C)=O)CC1. The van der Waals surface area contributed by atoms with Crippen molar-refractivity contribution in [2.24, 2.45) is 4.99 Å². The number of likely N-dealkylation sites (tertiary alicyclic amines) is 1. The number of hydrogen-bond acceptors (Lipinski definition) is 4. The van der Waals surface area contributed by atoms with E-state index in [1.54, 1.807) is 6.92 Å². The fourth-order valence-electron chi connectivity index (χ4n) is 3.37. The van der Waals surface area contributed by atoms with Gasteiger partial charge in [0.25, 0.3) is 0 Å². The van der Waals surface area contributed by atoms with E-state index < -0.39 is 0 Å². The normalized spacial score (nSPS) is 17.5. The average Bonchev–Trinajstić information content (AvgIpc) is 2.92. The second kappa shape index (κ2) is 8.87. The molecule has 0 saturated carbocycles. The zero-order valence-corrected chi connectivity index (χ0v) is 16.1. The molecule has 0 spiro atoms. The van der Waals surface area contributed by atoms with Gasteiger partial charge in [-0.2, -0.15) is 0 Å². The van der Waals surface area contributed by atoms with Gasteiger partial charge in [0.1, 0.15) is 5.76 Å². The summed E-state index contributed by atoms with van der Waals surface area (Å²) in [6, 6.07) is 0.350. The lowest BCUT2D eigenvalue weighted by molar-refractivity contribution is -0.129. The van der Waals surface area contributed by atoms with Gasteiger partial charge in [0, 0.05) is 50.6 Å². The van der Waals surface area contributed by atoms with Gasteiger partial charge in [0.15, 0.2) is 5.96 Å². The highest BCUT2D eigenvalue weighted by Crippen LogP contribution is 2.23. The molecule has 0 aromatic carbocycles. The first kappa shape index (κ1) is 19.3. The molecule has 1 aliphatic heterocycles. The largest absolute Gasteiger partial charge is 0.361 e. The molecule has 0 bridgehead atoms. The number of guanidine groups is 1. The predicted octanol–water partition coefficient (Wildman–Crippen LogP) is 1.96. The number of amides is 1. The zero-order valence-electron chi connectivity index (χ0n) is 16.1. The van der Waals surface area contributed by atoms with Crippen LogP contribution >= 0.6 is 0 Å². The van der Waals surface area contributed by atoms with Gasteiger partial charge in [-0.15, -0.1) is 0 Å². The smallest absolute Gasteiger partial charge is 0.219 e. The van der Waals surface area contributed by atoms with Crippen LogP contribution in [0.4, 0.5) is 0 Å². The van der Waals surface area contributed by atoms with Crippen molar-refractivity contribution in [3.05, 3.63) is 17.0 Å². The fourth-order valence-corrected chi connectivity index (χ4v) is 3.37. The topological polar surface area (TPSA) is 82.8 Å². The molecule has 1 aromatic rings. The Hall–Kier alpha value is -2.05. The molecule has 1 unspecified atom stereocenters. The van der Waals surface area contributed by atoms with Crippen molar-refractivity contribution >= 4 is 11.9 Å². The van der Waals surface area contributed by atoms with Gasteiger partial charge in [-0.25, -0.2) is 0 Å². The average molecular weight is 349 g/mol.